The number of thioether (sulfide) groups is 1. The molecule has 4 heteroatoms. The van der Waals surface area contributed by atoms with E-state index < -0.39 is 4.87 Å². The molecule has 0 fully saturated rings. The van der Waals surface area contributed by atoms with Crippen LogP contribution in [0.5, 0.6) is 0 Å². The number of hydrogen-bond donors (Lipinski definition) is 0. The maximum absolute atomic E-state index is 12.8. The van der Waals surface area contributed by atoms with Crippen molar-refractivity contribution in [3.8, 4) is 0 Å². The summed E-state index contributed by atoms with van der Waals surface area (Å²) in [4.78, 5) is 18.7. The van der Waals surface area contributed by atoms with E-state index >= 15 is 0 Å². The van der Waals surface area contributed by atoms with Gasteiger partial charge >= 0.3 is 0 Å². The maximum Gasteiger partial charge on any atom is 0.261 e. The van der Waals surface area contributed by atoms with Gasteiger partial charge in [0.05, 0.1) is 11.3 Å². The lowest BCUT2D eigenvalue weighted by Gasteiger charge is -2.33. The molecule has 21 heavy (non-hydrogen) atoms. The van der Waals surface area contributed by atoms with Crippen molar-refractivity contribution in [2.45, 2.75) is 18.7 Å². The zero-order chi connectivity index (χ0) is 14.6. The number of amides is 1. The second kappa shape index (κ2) is 4.21. The van der Waals surface area contributed by atoms with Crippen molar-refractivity contribution in [2.24, 2.45) is 0 Å². The maximum atomic E-state index is 12.8. The summed E-state index contributed by atoms with van der Waals surface area (Å²) in [5.74, 6) is 0.0401. The van der Waals surface area contributed by atoms with Gasteiger partial charge in [-0.25, -0.2) is 0 Å². The predicted molar refractivity (Wildman–Crippen MR) is 83.7 cm³/mol. The topological polar surface area (TPSA) is 33.2 Å². The summed E-state index contributed by atoms with van der Waals surface area (Å²) in [5.41, 5.74) is 4.82. The fourth-order valence-corrected chi connectivity index (χ4v) is 4.46. The van der Waals surface area contributed by atoms with Gasteiger partial charge in [0.2, 0.25) is 0 Å². The van der Waals surface area contributed by atoms with Crippen molar-refractivity contribution in [1.82, 2.24) is 9.88 Å². The first kappa shape index (κ1) is 12.7. The second-order valence-electron chi connectivity index (χ2n) is 5.43. The van der Waals surface area contributed by atoms with Crippen molar-refractivity contribution in [3.05, 3.63) is 76.1 Å². The average molecular weight is 294 g/mol. The van der Waals surface area contributed by atoms with Crippen molar-refractivity contribution >= 4 is 17.7 Å². The lowest BCUT2D eigenvalue weighted by molar-refractivity contribution is 0.0792. The molecule has 1 aromatic carbocycles. The minimum atomic E-state index is -0.538. The highest BCUT2D eigenvalue weighted by atomic mass is 32.2. The van der Waals surface area contributed by atoms with E-state index in [-0.39, 0.29) is 5.91 Å². The second-order valence-corrected chi connectivity index (χ2v) is 6.49. The lowest BCUT2D eigenvalue weighted by atomic mass is 10.00. The number of benzene rings is 1. The summed E-state index contributed by atoms with van der Waals surface area (Å²) in [6.07, 6.45) is 1.77. The zero-order valence-electron chi connectivity index (χ0n) is 11.8. The van der Waals surface area contributed by atoms with Crippen LogP contribution in [0.15, 0.2) is 53.7 Å². The molecule has 1 amide bonds. The Morgan fingerprint density at radius 1 is 1.19 bits per heavy atom. The summed E-state index contributed by atoms with van der Waals surface area (Å²) < 4.78 is 0. The van der Waals surface area contributed by atoms with E-state index in [1.54, 1.807) is 18.0 Å². The van der Waals surface area contributed by atoms with Crippen LogP contribution >= 0.6 is 11.8 Å². The summed E-state index contributed by atoms with van der Waals surface area (Å²) >= 11 is 1.66. The van der Waals surface area contributed by atoms with Crippen molar-refractivity contribution < 1.29 is 4.79 Å². The fraction of sp³-hybridized carbons (Fsp3) is 0.176. The van der Waals surface area contributed by atoms with Crippen molar-refractivity contribution in [3.63, 3.8) is 0 Å². The van der Waals surface area contributed by atoms with Crippen molar-refractivity contribution in [1.29, 1.82) is 0 Å². The van der Waals surface area contributed by atoms with Gasteiger partial charge in [-0.05, 0) is 37.0 Å². The number of carbonyl (C=O) groups excluding carboxylic acids is 1. The Balaban J connectivity index is 2.03. The smallest absolute Gasteiger partial charge is 0.261 e. The van der Waals surface area contributed by atoms with E-state index in [0.717, 1.165) is 17.0 Å². The third-order valence-electron chi connectivity index (χ3n) is 4.04. The number of aryl methyl sites for hydroxylation is 1. The van der Waals surface area contributed by atoms with Crippen LogP contribution in [0.2, 0.25) is 0 Å². The van der Waals surface area contributed by atoms with E-state index in [2.05, 4.69) is 35.5 Å². The van der Waals surface area contributed by atoms with Crippen LogP contribution in [0, 0.1) is 6.92 Å². The zero-order valence-corrected chi connectivity index (χ0v) is 12.6. The van der Waals surface area contributed by atoms with E-state index in [1.807, 2.05) is 30.0 Å². The Kier molecular flexibility index (Phi) is 2.54. The molecule has 0 saturated heterocycles. The lowest BCUT2D eigenvalue weighted by Crippen LogP contribution is -2.37. The number of nitrogens with zero attached hydrogens (tertiary/aromatic N) is 2. The van der Waals surface area contributed by atoms with Gasteiger partial charge in [-0.15, -0.1) is 0 Å². The molecule has 0 bridgehead atoms. The van der Waals surface area contributed by atoms with E-state index in [4.69, 9.17) is 0 Å². The van der Waals surface area contributed by atoms with Crippen LogP contribution in [0.25, 0.3) is 0 Å². The normalized spacial score (nSPS) is 23.0. The summed E-state index contributed by atoms with van der Waals surface area (Å²) in [6, 6.07) is 12.0. The van der Waals surface area contributed by atoms with Gasteiger partial charge in [0.15, 0.2) is 4.87 Å². The predicted octanol–water partition coefficient (Wildman–Crippen LogP) is 3.66. The minimum Gasteiger partial charge on any atom is -0.286 e. The Morgan fingerprint density at radius 2 is 2.05 bits per heavy atom. The molecular weight excluding hydrogens is 280 g/mol. The first-order valence-electron chi connectivity index (χ1n) is 6.86. The average Bonchev–Trinajstić information content (AvgIpc) is 2.97. The molecule has 104 valence electrons. The van der Waals surface area contributed by atoms with Crippen molar-refractivity contribution in [2.75, 3.05) is 0 Å². The monoisotopic (exact) mass is 294 g/mol. The molecule has 0 saturated carbocycles. The number of aromatic nitrogens is 1. The highest BCUT2D eigenvalue weighted by Gasteiger charge is 2.55. The number of allylic oxidation sites excluding steroid dienone is 1. The Labute approximate surface area is 127 Å². The SMILES string of the molecule is CC1=CSC2(c3cccc(C)c3)c3ncccc3C(=O)N12. The quantitative estimate of drug-likeness (QED) is 0.805. The largest absolute Gasteiger partial charge is 0.286 e. The molecule has 3 nitrogen and oxygen atoms in total. The first-order chi connectivity index (χ1) is 10.1. The highest BCUT2D eigenvalue weighted by molar-refractivity contribution is 8.03. The number of pyridine rings is 1. The van der Waals surface area contributed by atoms with Gasteiger partial charge in [0, 0.05) is 11.9 Å². The fourth-order valence-electron chi connectivity index (χ4n) is 3.15. The summed E-state index contributed by atoms with van der Waals surface area (Å²) in [7, 11) is 0. The third kappa shape index (κ3) is 1.51. The molecule has 0 aliphatic carbocycles. The van der Waals surface area contributed by atoms with Gasteiger partial charge in [0.1, 0.15) is 0 Å². The number of rotatable bonds is 1. The van der Waals surface area contributed by atoms with Crippen LogP contribution in [-0.4, -0.2) is 15.8 Å². The minimum absolute atomic E-state index is 0.0401. The Hall–Kier alpha value is -2.07. The van der Waals surface area contributed by atoms with Gasteiger partial charge in [-0.2, -0.15) is 0 Å². The van der Waals surface area contributed by atoms with E-state index in [0.29, 0.717) is 5.56 Å². The first-order valence-corrected chi connectivity index (χ1v) is 7.74. The molecular formula is C17H14N2OS. The van der Waals surface area contributed by atoms with Crippen LogP contribution in [0.1, 0.15) is 34.1 Å². The summed E-state index contributed by atoms with van der Waals surface area (Å²) in [5, 5.41) is 2.05. The summed E-state index contributed by atoms with van der Waals surface area (Å²) in [6.45, 7) is 4.05. The molecule has 0 N–H and O–H groups in total. The molecule has 2 aliphatic heterocycles. The molecule has 0 spiro atoms. The van der Waals surface area contributed by atoms with Crippen LogP contribution in [0.4, 0.5) is 0 Å². The molecule has 2 aliphatic rings. The molecule has 4 rings (SSSR count). The molecule has 1 unspecified atom stereocenters. The van der Waals surface area contributed by atoms with Gasteiger partial charge in [-0.1, -0.05) is 41.6 Å². The van der Waals surface area contributed by atoms with Crippen LogP contribution < -0.4 is 0 Å². The van der Waals surface area contributed by atoms with Gasteiger partial charge in [0.25, 0.3) is 5.91 Å². The molecule has 1 aromatic heterocycles. The molecule has 2 aromatic rings. The van der Waals surface area contributed by atoms with Crippen LogP contribution in [-0.2, 0) is 4.87 Å². The van der Waals surface area contributed by atoms with E-state index in [9.17, 15) is 4.79 Å². The third-order valence-corrected chi connectivity index (χ3v) is 5.45. The molecule has 1 atom stereocenters. The van der Waals surface area contributed by atoms with Gasteiger partial charge in [-0.3, -0.25) is 14.7 Å². The highest BCUT2D eigenvalue weighted by Crippen LogP contribution is 2.57. The molecule has 0 radical (unpaired) electrons. The standard InChI is InChI=1S/C17H14N2OS/c1-11-5-3-6-13(9-11)17-15-14(7-4-8-18-15)16(20)19(17)12(2)10-21-17/h3-10H,1-2H3. The van der Waals surface area contributed by atoms with E-state index in [1.165, 1.54) is 5.56 Å². The Morgan fingerprint density at radius 3 is 2.86 bits per heavy atom. The Bertz CT molecular complexity index is 799. The number of hydrogen-bond acceptors (Lipinski definition) is 3. The number of fused-ring (bicyclic) bond motifs is 3. The van der Waals surface area contributed by atoms with Crippen LogP contribution in [0.3, 0.4) is 0 Å². The van der Waals surface area contributed by atoms with Gasteiger partial charge < -0.3 is 0 Å². The molecule has 3 heterocycles. The number of carbonyl (C=O) groups is 1.